The van der Waals surface area contributed by atoms with Gasteiger partial charge in [-0.25, -0.2) is 9.13 Å². The molecule has 0 aromatic carbocycles. The number of carbonyl (C=O) groups is 4. The average Bonchev–Trinajstić information content (AvgIpc) is 3.66. The third-order valence-corrected chi connectivity index (χ3v) is 17.6. The summed E-state index contributed by atoms with van der Waals surface area (Å²) in [5.41, 5.74) is 0. The Kier molecular flexibility index (Phi) is 59.0. The smallest absolute Gasteiger partial charge is 0.462 e. The van der Waals surface area contributed by atoms with Crippen LogP contribution in [0.2, 0.25) is 0 Å². The van der Waals surface area contributed by atoms with Crippen LogP contribution in [0.1, 0.15) is 343 Å². The lowest BCUT2D eigenvalue weighted by atomic mass is 10.0. The summed E-state index contributed by atoms with van der Waals surface area (Å²) in [4.78, 5) is 72.3. The van der Waals surface area contributed by atoms with E-state index in [0.29, 0.717) is 25.7 Å². The van der Waals surface area contributed by atoms with Crippen LogP contribution in [0.3, 0.4) is 0 Å². The van der Waals surface area contributed by atoms with E-state index in [1.165, 1.54) is 148 Å². The van der Waals surface area contributed by atoms with Crippen molar-refractivity contribution in [3.63, 3.8) is 0 Å². The molecular formula is C68H132O17P2. The molecule has 0 saturated heterocycles. The van der Waals surface area contributed by atoms with Crippen LogP contribution in [0.15, 0.2) is 0 Å². The number of carbonyl (C=O) groups excluding carboxylic acids is 4. The predicted molar refractivity (Wildman–Crippen MR) is 349 cm³/mol. The molecule has 17 nitrogen and oxygen atoms in total. The standard InChI is InChI=1S/C68H132O17P2/c1-7-9-11-13-15-16-20-28-34-40-46-52-67(72)84-63(56-78-65(70)50-44-38-30-14-12-10-8-2)58-82-86(74,75)80-54-62(69)55-81-87(76,77)83-59-64(57-79-66(71)51-45-39-33-27-24-19-22-26-32-37-43-49-61(5)6)85-68(73)53-47-41-35-29-23-18-17-21-25-31-36-42-48-60(3)4/h60-64,69H,7-59H2,1-6H3,(H,74,75)(H,76,77)/t62-,63+,64+/m0/s1. The SMILES string of the molecule is CCCCCCCCCCCCCC(=O)O[C@H](COC(=O)CCCCCCCCC)COP(=O)(O)OC[C@H](O)COP(=O)(O)OC[C@@H](COC(=O)CCCCCCCCCCCCCC(C)C)OC(=O)CCCCCCCCCCCCCCC(C)C. The summed E-state index contributed by atoms with van der Waals surface area (Å²) in [5.74, 6) is -0.583. The number of rotatable bonds is 67. The first-order valence-electron chi connectivity index (χ1n) is 35.5. The van der Waals surface area contributed by atoms with Gasteiger partial charge in [0.2, 0.25) is 0 Å². The zero-order valence-corrected chi connectivity index (χ0v) is 58.1. The second kappa shape index (κ2) is 60.3. The molecule has 0 aliphatic heterocycles. The molecule has 0 rings (SSSR count). The largest absolute Gasteiger partial charge is 0.472 e. The van der Waals surface area contributed by atoms with Crippen LogP contribution < -0.4 is 0 Å². The lowest BCUT2D eigenvalue weighted by Crippen LogP contribution is -2.30. The minimum absolute atomic E-state index is 0.106. The van der Waals surface area contributed by atoms with Gasteiger partial charge in [-0.3, -0.25) is 37.3 Å². The van der Waals surface area contributed by atoms with E-state index in [0.717, 1.165) is 115 Å². The Morgan fingerprint density at radius 2 is 0.529 bits per heavy atom. The van der Waals surface area contributed by atoms with Gasteiger partial charge in [0, 0.05) is 25.7 Å². The molecule has 0 aromatic heterocycles. The Balaban J connectivity index is 5.21. The summed E-state index contributed by atoms with van der Waals surface area (Å²) >= 11 is 0. The van der Waals surface area contributed by atoms with E-state index in [-0.39, 0.29) is 25.7 Å². The van der Waals surface area contributed by atoms with Gasteiger partial charge in [-0.15, -0.1) is 0 Å². The highest BCUT2D eigenvalue weighted by Gasteiger charge is 2.30. The fourth-order valence-electron chi connectivity index (χ4n) is 10.2. The zero-order valence-electron chi connectivity index (χ0n) is 56.3. The van der Waals surface area contributed by atoms with E-state index in [9.17, 15) is 43.2 Å². The quantitative estimate of drug-likeness (QED) is 0.0222. The molecule has 0 saturated carbocycles. The van der Waals surface area contributed by atoms with Gasteiger partial charge >= 0.3 is 39.5 Å². The number of aliphatic hydroxyl groups excluding tert-OH is 1. The van der Waals surface area contributed by atoms with Crippen LogP contribution in [0.4, 0.5) is 0 Å². The maximum atomic E-state index is 13.0. The number of hydrogen-bond acceptors (Lipinski definition) is 15. The van der Waals surface area contributed by atoms with Crippen LogP contribution >= 0.6 is 15.6 Å². The monoisotopic (exact) mass is 1280 g/mol. The predicted octanol–water partition coefficient (Wildman–Crippen LogP) is 19.2. The Labute approximate surface area is 530 Å². The molecule has 87 heavy (non-hydrogen) atoms. The van der Waals surface area contributed by atoms with Gasteiger partial charge < -0.3 is 33.8 Å². The molecule has 516 valence electrons. The van der Waals surface area contributed by atoms with E-state index in [4.69, 9.17) is 37.0 Å². The summed E-state index contributed by atoms with van der Waals surface area (Å²) in [6.45, 7) is 9.50. The highest BCUT2D eigenvalue weighted by Crippen LogP contribution is 2.45. The number of unbranched alkanes of at least 4 members (excludes halogenated alkanes) is 37. The van der Waals surface area contributed by atoms with Crippen molar-refractivity contribution in [3.05, 3.63) is 0 Å². The first-order valence-corrected chi connectivity index (χ1v) is 38.5. The van der Waals surface area contributed by atoms with Gasteiger partial charge in [0.15, 0.2) is 12.2 Å². The van der Waals surface area contributed by atoms with Gasteiger partial charge in [0.25, 0.3) is 0 Å². The number of esters is 4. The highest BCUT2D eigenvalue weighted by atomic mass is 31.2. The van der Waals surface area contributed by atoms with Crippen molar-refractivity contribution in [2.45, 2.75) is 362 Å². The minimum atomic E-state index is -4.95. The number of phosphoric acid groups is 2. The van der Waals surface area contributed by atoms with E-state index < -0.39 is 97.5 Å². The molecule has 0 heterocycles. The highest BCUT2D eigenvalue weighted by molar-refractivity contribution is 7.47. The fraction of sp³-hybridized carbons (Fsp3) is 0.941. The molecule has 0 aromatic rings. The van der Waals surface area contributed by atoms with Crippen LogP contribution in [-0.4, -0.2) is 96.7 Å². The Morgan fingerprint density at radius 3 is 0.782 bits per heavy atom. The van der Waals surface area contributed by atoms with E-state index >= 15 is 0 Å². The van der Waals surface area contributed by atoms with Gasteiger partial charge in [-0.05, 0) is 37.5 Å². The number of hydrogen-bond donors (Lipinski definition) is 3. The third kappa shape index (κ3) is 62.6. The van der Waals surface area contributed by atoms with Crippen molar-refractivity contribution in [3.8, 4) is 0 Å². The number of aliphatic hydroxyl groups is 1. The number of ether oxygens (including phenoxy) is 4. The second-order valence-corrected chi connectivity index (χ2v) is 28.4. The summed E-state index contributed by atoms with van der Waals surface area (Å²) in [7, 11) is -9.89. The van der Waals surface area contributed by atoms with Gasteiger partial charge in [-0.1, -0.05) is 292 Å². The van der Waals surface area contributed by atoms with Crippen molar-refractivity contribution in [1.82, 2.24) is 0 Å². The van der Waals surface area contributed by atoms with Crippen LogP contribution in [-0.2, 0) is 65.4 Å². The first kappa shape index (κ1) is 85.1. The molecule has 0 radical (unpaired) electrons. The first-order chi connectivity index (χ1) is 41.9. The Hall–Kier alpha value is -1.94. The Morgan fingerprint density at radius 1 is 0.310 bits per heavy atom. The van der Waals surface area contributed by atoms with Crippen molar-refractivity contribution < 1.29 is 80.2 Å². The van der Waals surface area contributed by atoms with E-state index in [1.54, 1.807) is 0 Å². The van der Waals surface area contributed by atoms with Crippen molar-refractivity contribution in [2.75, 3.05) is 39.6 Å². The van der Waals surface area contributed by atoms with E-state index in [2.05, 4.69) is 41.5 Å². The fourth-order valence-corrected chi connectivity index (χ4v) is 11.8. The zero-order chi connectivity index (χ0) is 64.3. The topological polar surface area (TPSA) is 237 Å². The van der Waals surface area contributed by atoms with Gasteiger partial charge in [-0.2, -0.15) is 0 Å². The lowest BCUT2D eigenvalue weighted by Gasteiger charge is -2.21. The van der Waals surface area contributed by atoms with Crippen LogP contribution in [0.5, 0.6) is 0 Å². The van der Waals surface area contributed by atoms with Crippen molar-refractivity contribution >= 4 is 39.5 Å². The summed E-state index contributed by atoms with van der Waals surface area (Å²) in [6, 6.07) is 0. The summed E-state index contributed by atoms with van der Waals surface area (Å²) in [6.07, 6.45) is 44.4. The van der Waals surface area contributed by atoms with Crippen molar-refractivity contribution in [2.24, 2.45) is 11.8 Å². The molecular weight excluding hydrogens is 1150 g/mol. The van der Waals surface area contributed by atoms with Crippen molar-refractivity contribution in [1.29, 1.82) is 0 Å². The lowest BCUT2D eigenvalue weighted by molar-refractivity contribution is -0.161. The second-order valence-electron chi connectivity index (χ2n) is 25.5. The molecule has 0 spiro atoms. The summed E-state index contributed by atoms with van der Waals surface area (Å²) < 4.78 is 68.1. The third-order valence-electron chi connectivity index (χ3n) is 15.7. The molecule has 0 aliphatic carbocycles. The van der Waals surface area contributed by atoms with Gasteiger partial charge in [0.1, 0.15) is 19.3 Å². The van der Waals surface area contributed by atoms with Crippen LogP contribution in [0.25, 0.3) is 0 Å². The molecule has 0 aliphatic rings. The minimum Gasteiger partial charge on any atom is -0.462 e. The van der Waals surface area contributed by atoms with Crippen LogP contribution in [0, 0.1) is 11.8 Å². The number of phosphoric ester groups is 2. The maximum Gasteiger partial charge on any atom is 0.472 e. The molecule has 5 atom stereocenters. The Bertz CT molecular complexity index is 1700. The summed E-state index contributed by atoms with van der Waals surface area (Å²) in [5, 5.41) is 10.6. The van der Waals surface area contributed by atoms with E-state index in [1.807, 2.05) is 0 Å². The normalized spacial score (nSPS) is 14.2. The molecule has 3 N–H and O–H groups in total. The maximum absolute atomic E-state index is 13.0. The molecule has 19 heteroatoms. The molecule has 0 bridgehead atoms. The van der Waals surface area contributed by atoms with Gasteiger partial charge in [0.05, 0.1) is 26.4 Å². The molecule has 0 amide bonds. The average molecular weight is 1280 g/mol. The molecule has 2 unspecified atom stereocenters. The molecule has 0 fully saturated rings.